The van der Waals surface area contributed by atoms with E-state index in [1.54, 1.807) is 11.8 Å². The number of hydrogen-bond acceptors (Lipinski definition) is 5. The average Bonchev–Trinajstić information content (AvgIpc) is 3.29. The quantitative estimate of drug-likeness (QED) is 0.256. The van der Waals surface area contributed by atoms with Crippen LogP contribution in [-0.2, 0) is 0 Å². The van der Waals surface area contributed by atoms with Gasteiger partial charge in [-0.2, -0.15) is 4.99 Å². The van der Waals surface area contributed by atoms with E-state index in [4.69, 9.17) is 0 Å². The number of nitrogens with one attached hydrogen (secondary N) is 1. The van der Waals surface area contributed by atoms with Gasteiger partial charge in [-0.05, 0) is 68.1 Å². The first kappa shape index (κ1) is 28.8. The summed E-state index contributed by atoms with van der Waals surface area (Å²) < 4.78 is 42.6. The van der Waals surface area contributed by atoms with E-state index in [1.807, 2.05) is 24.3 Å². The van der Waals surface area contributed by atoms with E-state index < -0.39 is 6.36 Å². The summed E-state index contributed by atoms with van der Waals surface area (Å²) in [5, 5.41) is 8.24. The standard InChI is InChI=1S/C31H29F3N6O2S/c1-18-14-19(2)27(20(3)15-18)39-12-13-43-30(39)37-29(41)36-26-16-25(26)21-4-6-22(7-5-21)28-35-17-40(38-28)23-8-10-24(11-9-23)42-31(32,33)34/h4-11,14-15,17,25-26H,12-13,16H2,1-3H3,(H,36,41)/b37-30-. The highest BCUT2D eigenvalue weighted by atomic mass is 32.2. The second kappa shape index (κ2) is 11.4. The van der Waals surface area contributed by atoms with Crippen LogP contribution in [0.15, 0.2) is 72.0 Å². The molecule has 1 aliphatic carbocycles. The number of ether oxygens (including phenoxy) is 1. The van der Waals surface area contributed by atoms with Gasteiger partial charge in [0.1, 0.15) is 12.1 Å². The van der Waals surface area contributed by atoms with Gasteiger partial charge in [-0.1, -0.05) is 53.7 Å². The molecule has 2 aliphatic rings. The lowest BCUT2D eigenvalue weighted by Crippen LogP contribution is -2.29. The third-order valence-corrected chi connectivity index (χ3v) is 8.36. The number of benzene rings is 3. The predicted octanol–water partition coefficient (Wildman–Crippen LogP) is 6.93. The number of anilines is 1. The van der Waals surface area contributed by atoms with Gasteiger partial charge in [0.25, 0.3) is 0 Å². The zero-order valence-electron chi connectivity index (χ0n) is 23.7. The summed E-state index contributed by atoms with van der Waals surface area (Å²) in [5.74, 6) is 1.26. The van der Waals surface area contributed by atoms with Crippen molar-refractivity contribution in [2.45, 2.75) is 45.5 Å². The Kier molecular flexibility index (Phi) is 7.63. The van der Waals surface area contributed by atoms with Crippen LogP contribution < -0.4 is 15.0 Å². The van der Waals surface area contributed by atoms with Gasteiger partial charge in [-0.25, -0.2) is 14.5 Å². The van der Waals surface area contributed by atoms with Gasteiger partial charge in [-0.15, -0.1) is 18.3 Å². The summed E-state index contributed by atoms with van der Waals surface area (Å²) in [6.45, 7) is 7.09. The fraction of sp³-hybridized carbons (Fsp3) is 0.290. The van der Waals surface area contributed by atoms with E-state index in [9.17, 15) is 18.0 Å². The Morgan fingerprint density at radius 1 is 1.05 bits per heavy atom. The third kappa shape index (κ3) is 6.53. The largest absolute Gasteiger partial charge is 0.573 e. The number of aromatic nitrogens is 3. The number of carbonyl (C=O) groups is 1. The molecule has 1 N–H and O–H groups in total. The molecule has 0 spiro atoms. The maximum Gasteiger partial charge on any atom is 0.573 e. The van der Waals surface area contributed by atoms with Crippen molar-refractivity contribution in [2.24, 2.45) is 4.99 Å². The molecule has 8 nitrogen and oxygen atoms in total. The fourth-order valence-corrected chi connectivity index (χ4v) is 6.44. The van der Waals surface area contributed by atoms with Crippen molar-refractivity contribution in [3.05, 3.63) is 89.2 Å². The molecule has 3 aromatic carbocycles. The minimum absolute atomic E-state index is 0.0204. The number of aryl methyl sites for hydroxylation is 3. The van der Waals surface area contributed by atoms with Gasteiger partial charge in [0.15, 0.2) is 11.0 Å². The Balaban J connectivity index is 1.06. The number of hydrogen-bond donors (Lipinski definition) is 1. The Labute approximate surface area is 251 Å². The maximum atomic E-state index is 12.9. The first-order chi connectivity index (χ1) is 20.5. The Bertz CT molecular complexity index is 1660. The summed E-state index contributed by atoms with van der Waals surface area (Å²) in [7, 11) is 0. The van der Waals surface area contributed by atoms with E-state index in [2.05, 4.69) is 62.9 Å². The van der Waals surface area contributed by atoms with Crippen LogP contribution in [0.2, 0.25) is 0 Å². The van der Waals surface area contributed by atoms with Crippen LogP contribution >= 0.6 is 11.8 Å². The van der Waals surface area contributed by atoms with Crippen molar-refractivity contribution < 1.29 is 22.7 Å². The van der Waals surface area contributed by atoms with Gasteiger partial charge >= 0.3 is 12.4 Å². The van der Waals surface area contributed by atoms with Crippen LogP contribution in [-0.4, -0.2) is 50.7 Å². The van der Waals surface area contributed by atoms with Crippen LogP contribution in [0.5, 0.6) is 5.75 Å². The van der Waals surface area contributed by atoms with Gasteiger partial charge in [0, 0.05) is 35.5 Å². The Morgan fingerprint density at radius 2 is 1.74 bits per heavy atom. The van der Waals surface area contributed by atoms with Gasteiger partial charge in [0.05, 0.1) is 5.69 Å². The minimum atomic E-state index is -4.74. The Morgan fingerprint density at radius 3 is 2.42 bits per heavy atom. The molecule has 1 saturated heterocycles. The number of carbonyl (C=O) groups excluding carboxylic acids is 1. The van der Waals surface area contributed by atoms with Crippen LogP contribution in [0.1, 0.15) is 34.6 Å². The number of rotatable bonds is 6. The molecule has 1 saturated carbocycles. The topological polar surface area (TPSA) is 84.6 Å². The van der Waals surface area contributed by atoms with Crippen molar-refractivity contribution in [2.75, 3.05) is 17.2 Å². The van der Waals surface area contributed by atoms with E-state index >= 15 is 0 Å². The number of thioether (sulfide) groups is 1. The minimum Gasteiger partial charge on any atom is -0.406 e. The summed E-state index contributed by atoms with van der Waals surface area (Å²) in [4.78, 5) is 23.8. The van der Waals surface area contributed by atoms with Crippen LogP contribution in [0.4, 0.5) is 23.7 Å². The van der Waals surface area contributed by atoms with E-state index in [0.29, 0.717) is 11.5 Å². The Hall–Kier alpha value is -4.32. The molecule has 4 aromatic rings. The molecule has 2 heterocycles. The molecule has 0 radical (unpaired) electrons. The molecular formula is C31H29F3N6O2S. The molecule has 222 valence electrons. The molecule has 2 amide bonds. The number of halogens is 3. The number of alkyl halides is 3. The normalized spacial score (nSPS) is 19.1. The molecule has 0 bridgehead atoms. The number of amidine groups is 1. The number of amides is 2. The second-order valence-electron chi connectivity index (χ2n) is 10.7. The van der Waals surface area contributed by atoms with Gasteiger partial charge in [0.2, 0.25) is 0 Å². The number of urea groups is 1. The van der Waals surface area contributed by atoms with E-state index in [-0.39, 0.29) is 23.7 Å². The van der Waals surface area contributed by atoms with Crippen molar-refractivity contribution >= 4 is 28.6 Å². The van der Waals surface area contributed by atoms with Crippen LogP contribution in [0.3, 0.4) is 0 Å². The second-order valence-corrected chi connectivity index (χ2v) is 11.8. The zero-order valence-corrected chi connectivity index (χ0v) is 24.5. The van der Waals surface area contributed by atoms with E-state index in [1.165, 1.54) is 52.0 Å². The monoisotopic (exact) mass is 606 g/mol. The maximum absolute atomic E-state index is 12.9. The van der Waals surface area contributed by atoms with Crippen molar-refractivity contribution in [1.29, 1.82) is 0 Å². The highest BCUT2D eigenvalue weighted by molar-refractivity contribution is 8.14. The number of aliphatic imine (C=N–C) groups is 1. The van der Waals surface area contributed by atoms with Crippen molar-refractivity contribution in [3.63, 3.8) is 0 Å². The van der Waals surface area contributed by atoms with Gasteiger partial charge < -0.3 is 15.0 Å². The number of nitrogens with zero attached hydrogens (tertiary/aromatic N) is 5. The lowest BCUT2D eigenvalue weighted by molar-refractivity contribution is -0.274. The van der Waals surface area contributed by atoms with Gasteiger partial charge in [-0.3, -0.25) is 0 Å². The lowest BCUT2D eigenvalue weighted by atomic mass is 10.0. The third-order valence-electron chi connectivity index (χ3n) is 7.40. The highest BCUT2D eigenvalue weighted by Gasteiger charge is 2.40. The average molecular weight is 607 g/mol. The first-order valence-corrected chi connectivity index (χ1v) is 14.8. The summed E-state index contributed by atoms with van der Waals surface area (Å²) in [5.41, 5.74) is 7.14. The predicted molar refractivity (Wildman–Crippen MR) is 161 cm³/mol. The summed E-state index contributed by atoms with van der Waals surface area (Å²) >= 11 is 1.60. The zero-order chi connectivity index (χ0) is 30.3. The SMILES string of the molecule is Cc1cc(C)c(N2CCS/C2=N\C(=O)NC2CC2c2ccc(-c3ncn(-c4ccc(OC(F)(F)F)cc4)n3)cc2)c(C)c1. The molecule has 43 heavy (non-hydrogen) atoms. The summed E-state index contributed by atoms with van der Waals surface area (Å²) in [6, 6.07) is 17.3. The molecule has 6 rings (SSSR count). The molecule has 1 aliphatic heterocycles. The highest BCUT2D eigenvalue weighted by Crippen LogP contribution is 2.41. The van der Waals surface area contributed by atoms with Crippen LogP contribution in [0, 0.1) is 20.8 Å². The molecular weight excluding hydrogens is 577 g/mol. The molecule has 2 fully saturated rings. The summed E-state index contributed by atoms with van der Waals surface area (Å²) in [6.07, 6.45) is -2.41. The molecule has 2 unspecified atom stereocenters. The molecule has 1 aromatic heterocycles. The first-order valence-electron chi connectivity index (χ1n) is 13.8. The molecule has 12 heteroatoms. The smallest absolute Gasteiger partial charge is 0.406 e. The van der Waals surface area contributed by atoms with Crippen LogP contribution in [0.25, 0.3) is 17.1 Å². The van der Waals surface area contributed by atoms with Crippen molar-refractivity contribution in [3.8, 4) is 22.8 Å². The van der Waals surface area contributed by atoms with E-state index in [0.717, 1.165) is 40.7 Å². The fourth-order valence-electron chi connectivity index (χ4n) is 5.50. The lowest BCUT2D eigenvalue weighted by Gasteiger charge is -2.23. The van der Waals surface area contributed by atoms with Crippen molar-refractivity contribution in [1.82, 2.24) is 20.1 Å². The molecule has 2 atom stereocenters.